The maximum Gasteiger partial charge on any atom is 0.313 e. The van der Waals surface area contributed by atoms with Crippen LogP contribution in [0.1, 0.15) is 18.4 Å². The minimum absolute atomic E-state index is 0.0114. The lowest BCUT2D eigenvalue weighted by Gasteiger charge is -2.22. The second kappa shape index (κ2) is 5.34. The zero-order valence-electron chi connectivity index (χ0n) is 11.4. The number of nitro benzene ring substituents is 1. The van der Waals surface area contributed by atoms with Gasteiger partial charge in [0.05, 0.1) is 24.8 Å². The van der Waals surface area contributed by atoms with Crippen LogP contribution in [-0.2, 0) is 0 Å². The van der Waals surface area contributed by atoms with Gasteiger partial charge in [-0.3, -0.25) is 10.1 Å². The molecule has 0 spiro atoms. The van der Waals surface area contributed by atoms with E-state index in [1.165, 1.54) is 7.11 Å². The summed E-state index contributed by atoms with van der Waals surface area (Å²) in [7, 11) is 3.01. The first-order valence-electron chi connectivity index (χ1n) is 6.25. The molecule has 1 heterocycles. The number of nitro groups is 1. The van der Waals surface area contributed by atoms with Crippen LogP contribution in [0.3, 0.4) is 0 Å². The molecule has 6 nitrogen and oxygen atoms in total. The zero-order valence-corrected chi connectivity index (χ0v) is 11.4. The Hall–Kier alpha value is -1.98. The number of benzene rings is 1. The molecule has 19 heavy (non-hydrogen) atoms. The SMILES string of the molecule is COc1c(N2CCCC2)cc([N+](=O)[O-])c(OC)c1C. The van der Waals surface area contributed by atoms with Gasteiger partial charge in [0.15, 0.2) is 0 Å². The summed E-state index contributed by atoms with van der Waals surface area (Å²) in [5, 5.41) is 11.2. The molecule has 1 aliphatic rings. The van der Waals surface area contributed by atoms with Crippen molar-refractivity contribution in [1.82, 2.24) is 0 Å². The summed E-state index contributed by atoms with van der Waals surface area (Å²) in [6.45, 7) is 3.59. The fraction of sp³-hybridized carbons (Fsp3) is 0.538. The zero-order chi connectivity index (χ0) is 14.0. The Morgan fingerprint density at radius 1 is 1.21 bits per heavy atom. The Morgan fingerprint density at radius 2 is 1.79 bits per heavy atom. The largest absolute Gasteiger partial charge is 0.494 e. The van der Waals surface area contributed by atoms with E-state index >= 15 is 0 Å². The van der Waals surface area contributed by atoms with Crippen LogP contribution in [0.4, 0.5) is 11.4 Å². The van der Waals surface area contributed by atoms with Crippen molar-refractivity contribution >= 4 is 11.4 Å². The van der Waals surface area contributed by atoms with Crippen molar-refractivity contribution in [3.8, 4) is 11.5 Å². The summed E-state index contributed by atoms with van der Waals surface area (Å²) in [6.07, 6.45) is 2.20. The molecule has 6 heteroatoms. The molecule has 0 unspecified atom stereocenters. The molecule has 0 aromatic heterocycles. The van der Waals surface area contributed by atoms with Gasteiger partial charge >= 0.3 is 5.69 Å². The second-order valence-electron chi connectivity index (χ2n) is 4.56. The summed E-state index contributed by atoms with van der Waals surface area (Å²) in [4.78, 5) is 12.9. The maximum atomic E-state index is 11.2. The molecule has 0 radical (unpaired) electrons. The minimum atomic E-state index is -0.412. The number of rotatable bonds is 4. The number of methoxy groups -OCH3 is 2. The quantitative estimate of drug-likeness (QED) is 0.619. The predicted molar refractivity (Wildman–Crippen MR) is 72.4 cm³/mol. The Bertz CT molecular complexity index is 496. The van der Waals surface area contributed by atoms with Gasteiger partial charge in [0.1, 0.15) is 5.75 Å². The lowest BCUT2D eigenvalue weighted by Crippen LogP contribution is -2.19. The highest BCUT2D eigenvalue weighted by atomic mass is 16.6. The highest BCUT2D eigenvalue weighted by Gasteiger charge is 2.27. The molecule has 0 N–H and O–H groups in total. The van der Waals surface area contributed by atoms with Crippen LogP contribution >= 0.6 is 0 Å². The van der Waals surface area contributed by atoms with Gasteiger partial charge in [-0.25, -0.2) is 0 Å². The first-order chi connectivity index (χ1) is 9.10. The van der Waals surface area contributed by atoms with Gasteiger partial charge in [-0.1, -0.05) is 0 Å². The number of nitrogens with zero attached hydrogens (tertiary/aromatic N) is 2. The first-order valence-corrected chi connectivity index (χ1v) is 6.25. The van der Waals surface area contributed by atoms with E-state index in [9.17, 15) is 10.1 Å². The molecule has 2 rings (SSSR count). The van der Waals surface area contributed by atoms with Crippen molar-refractivity contribution in [1.29, 1.82) is 0 Å². The number of hydrogen-bond acceptors (Lipinski definition) is 5. The van der Waals surface area contributed by atoms with E-state index in [1.54, 1.807) is 20.1 Å². The number of anilines is 1. The van der Waals surface area contributed by atoms with E-state index in [1.807, 2.05) is 0 Å². The monoisotopic (exact) mass is 266 g/mol. The lowest BCUT2D eigenvalue weighted by molar-refractivity contribution is -0.385. The van der Waals surface area contributed by atoms with Crippen molar-refractivity contribution in [3.63, 3.8) is 0 Å². The maximum absolute atomic E-state index is 11.2. The Kier molecular flexibility index (Phi) is 3.78. The molecule has 1 aromatic rings. The van der Waals surface area contributed by atoms with Crippen LogP contribution in [-0.4, -0.2) is 32.2 Å². The average molecular weight is 266 g/mol. The van der Waals surface area contributed by atoms with E-state index in [4.69, 9.17) is 9.47 Å². The number of hydrogen-bond donors (Lipinski definition) is 0. The van der Waals surface area contributed by atoms with E-state index in [2.05, 4.69) is 4.90 Å². The fourth-order valence-corrected chi connectivity index (χ4v) is 2.59. The van der Waals surface area contributed by atoms with E-state index in [0.717, 1.165) is 31.6 Å². The Balaban J connectivity index is 2.61. The molecule has 104 valence electrons. The van der Waals surface area contributed by atoms with Crippen molar-refractivity contribution in [2.24, 2.45) is 0 Å². The number of ether oxygens (including phenoxy) is 2. The highest BCUT2D eigenvalue weighted by Crippen LogP contribution is 2.44. The predicted octanol–water partition coefficient (Wildman–Crippen LogP) is 2.52. The van der Waals surface area contributed by atoms with Crippen molar-refractivity contribution in [3.05, 3.63) is 21.7 Å². The molecular formula is C13H18N2O4. The average Bonchev–Trinajstić information content (AvgIpc) is 2.91. The molecule has 1 aliphatic heterocycles. The summed E-state index contributed by atoms with van der Waals surface area (Å²) < 4.78 is 10.6. The van der Waals surface area contributed by atoms with Crippen LogP contribution in [0.25, 0.3) is 0 Å². The van der Waals surface area contributed by atoms with Gasteiger partial charge in [-0.2, -0.15) is 0 Å². The van der Waals surface area contributed by atoms with Gasteiger partial charge in [-0.15, -0.1) is 0 Å². The standard InChI is InChI=1S/C13H18N2O4/c1-9-12(18-2)10(14-6-4-5-7-14)8-11(15(16)17)13(9)19-3/h8H,4-7H2,1-3H3. The fourth-order valence-electron chi connectivity index (χ4n) is 2.59. The van der Waals surface area contributed by atoms with Crippen molar-refractivity contribution in [2.45, 2.75) is 19.8 Å². The van der Waals surface area contributed by atoms with Gasteiger partial charge in [0.2, 0.25) is 5.75 Å². The molecule has 1 fully saturated rings. The van der Waals surface area contributed by atoms with Crippen LogP contribution < -0.4 is 14.4 Å². The third-order valence-electron chi connectivity index (χ3n) is 3.47. The van der Waals surface area contributed by atoms with Crippen LogP contribution in [0, 0.1) is 17.0 Å². The summed E-state index contributed by atoms with van der Waals surface area (Å²) in [5.74, 6) is 0.925. The third kappa shape index (κ3) is 2.30. The molecular weight excluding hydrogens is 248 g/mol. The van der Waals surface area contributed by atoms with Gasteiger partial charge in [-0.05, 0) is 19.8 Å². The van der Waals surface area contributed by atoms with Crippen LogP contribution in [0.5, 0.6) is 11.5 Å². The van der Waals surface area contributed by atoms with Gasteiger partial charge in [0, 0.05) is 24.7 Å². The topological polar surface area (TPSA) is 64.8 Å². The third-order valence-corrected chi connectivity index (χ3v) is 3.47. The highest BCUT2D eigenvalue weighted by molar-refractivity contribution is 5.72. The lowest BCUT2D eigenvalue weighted by atomic mass is 10.1. The second-order valence-corrected chi connectivity index (χ2v) is 4.56. The Morgan fingerprint density at radius 3 is 2.26 bits per heavy atom. The molecule has 0 amide bonds. The van der Waals surface area contributed by atoms with Gasteiger partial charge < -0.3 is 14.4 Å². The van der Waals surface area contributed by atoms with Crippen LogP contribution in [0.15, 0.2) is 6.07 Å². The first kappa shape index (κ1) is 13.5. The molecule has 0 bridgehead atoms. The van der Waals surface area contributed by atoms with E-state index < -0.39 is 4.92 Å². The minimum Gasteiger partial charge on any atom is -0.494 e. The smallest absolute Gasteiger partial charge is 0.313 e. The van der Waals surface area contributed by atoms with Crippen molar-refractivity contribution in [2.75, 3.05) is 32.2 Å². The Labute approximate surface area is 112 Å². The molecule has 0 atom stereocenters. The van der Waals surface area contributed by atoms with E-state index in [0.29, 0.717) is 11.3 Å². The normalized spacial score (nSPS) is 14.6. The van der Waals surface area contributed by atoms with Gasteiger partial charge in [0.25, 0.3) is 0 Å². The molecule has 1 aromatic carbocycles. The molecule has 0 aliphatic carbocycles. The summed E-state index contributed by atoms with van der Waals surface area (Å²) in [6, 6.07) is 1.55. The van der Waals surface area contributed by atoms with Crippen LogP contribution in [0.2, 0.25) is 0 Å². The summed E-state index contributed by atoms with van der Waals surface area (Å²) >= 11 is 0. The van der Waals surface area contributed by atoms with Crippen molar-refractivity contribution < 1.29 is 14.4 Å². The molecule has 1 saturated heterocycles. The summed E-state index contributed by atoms with van der Waals surface area (Å²) in [5.41, 5.74) is 1.44. The van der Waals surface area contributed by atoms with E-state index in [-0.39, 0.29) is 11.4 Å². The molecule has 0 saturated carbocycles.